The summed E-state index contributed by atoms with van der Waals surface area (Å²) < 4.78 is 0. The lowest BCUT2D eigenvalue weighted by Gasteiger charge is -2.08. The molecule has 0 unspecified atom stereocenters. The van der Waals surface area contributed by atoms with E-state index in [1.54, 1.807) is 30.3 Å². The van der Waals surface area contributed by atoms with Crippen molar-refractivity contribution >= 4 is 11.7 Å². The minimum absolute atomic E-state index is 0.163. The highest BCUT2D eigenvalue weighted by Crippen LogP contribution is 2.14. The molecular formula is C13H15NO3. The molecule has 0 aromatic heterocycles. The van der Waals surface area contributed by atoms with Gasteiger partial charge in [0, 0.05) is 12.0 Å². The minimum atomic E-state index is -1.27. The molecule has 17 heavy (non-hydrogen) atoms. The zero-order chi connectivity index (χ0) is 12.8. The quantitative estimate of drug-likeness (QED) is 0.415. The SMILES string of the molecule is CCCC(O)=C(C(=N)c1ccccc1)C(=O)O. The number of carbonyl (C=O) groups is 1. The van der Waals surface area contributed by atoms with Crippen LogP contribution in [0.4, 0.5) is 0 Å². The van der Waals surface area contributed by atoms with E-state index in [1.165, 1.54) is 0 Å². The van der Waals surface area contributed by atoms with Crippen LogP contribution in [-0.4, -0.2) is 21.9 Å². The molecule has 1 aromatic rings. The second-order valence-electron chi connectivity index (χ2n) is 3.62. The van der Waals surface area contributed by atoms with Gasteiger partial charge in [0.15, 0.2) is 0 Å². The molecule has 1 aromatic carbocycles. The molecule has 0 aliphatic carbocycles. The molecule has 0 spiro atoms. The van der Waals surface area contributed by atoms with Crippen LogP contribution in [0.25, 0.3) is 0 Å². The molecule has 1 rings (SSSR count). The lowest BCUT2D eigenvalue weighted by Crippen LogP contribution is -2.15. The summed E-state index contributed by atoms with van der Waals surface area (Å²) in [6.45, 7) is 1.84. The Balaban J connectivity index is 3.14. The molecule has 0 aliphatic rings. The normalized spacial score (nSPS) is 11.8. The summed E-state index contributed by atoms with van der Waals surface area (Å²) >= 11 is 0. The molecule has 0 saturated heterocycles. The summed E-state index contributed by atoms with van der Waals surface area (Å²) in [5.74, 6) is -1.52. The van der Waals surface area contributed by atoms with Crippen molar-refractivity contribution in [1.29, 1.82) is 5.41 Å². The third-order valence-corrected chi connectivity index (χ3v) is 2.30. The number of carboxylic acids is 1. The van der Waals surface area contributed by atoms with Gasteiger partial charge in [-0.1, -0.05) is 37.3 Å². The third kappa shape index (κ3) is 3.17. The standard InChI is InChI=1S/C13H15NO3/c1-2-6-10(15)11(13(16)17)12(14)9-7-4-3-5-8-9/h3-5,7-8,14-15H,2,6H2,1H3,(H,16,17). The van der Waals surface area contributed by atoms with Gasteiger partial charge in [-0.3, -0.25) is 5.41 Å². The van der Waals surface area contributed by atoms with Gasteiger partial charge < -0.3 is 10.2 Å². The molecule has 90 valence electrons. The van der Waals surface area contributed by atoms with Crippen LogP contribution in [0.3, 0.4) is 0 Å². The first kappa shape index (κ1) is 13.0. The van der Waals surface area contributed by atoms with Crippen molar-refractivity contribution in [3.05, 3.63) is 47.2 Å². The number of rotatable bonds is 5. The predicted molar refractivity (Wildman–Crippen MR) is 65.5 cm³/mol. The fraction of sp³-hybridized carbons (Fsp3) is 0.231. The van der Waals surface area contributed by atoms with Crippen LogP contribution in [0.5, 0.6) is 0 Å². The molecule has 0 bridgehead atoms. The summed E-state index contributed by atoms with van der Waals surface area (Å²) in [5, 5.41) is 26.5. The summed E-state index contributed by atoms with van der Waals surface area (Å²) in [4.78, 5) is 11.1. The maximum atomic E-state index is 11.1. The van der Waals surface area contributed by atoms with Crippen molar-refractivity contribution < 1.29 is 15.0 Å². The van der Waals surface area contributed by atoms with Crippen molar-refractivity contribution in [1.82, 2.24) is 0 Å². The maximum Gasteiger partial charge on any atom is 0.341 e. The first-order chi connectivity index (χ1) is 8.07. The van der Waals surface area contributed by atoms with Gasteiger partial charge in [0.1, 0.15) is 11.3 Å². The second-order valence-corrected chi connectivity index (χ2v) is 3.62. The van der Waals surface area contributed by atoms with E-state index >= 15 is 0 Å². The number of carboxylic acid groups (broad SMARTS) is 1. The molecule has 0 fully saturated rings. The third-order valence-electron chi connectivity index (χ3n) is 2.30. The van der Waals surface area contributed by atoms with Gasteiger partial charge in [-0.15, -0.1) is 0 Å². The molecule has 0 heterocycles. The summed E-state index contributed by atoms with van der Waals surface area (Å²) in [7, 11) is 0. The lowest BCUT2D eigenvalue weighted by molar-refractivity contribution is -0.132. The van der Waals surface area contributed by atoms with Crippen molar-refractivity contribution in [2.75, 3.05) is 0 Å². The number of hydrogen-bond acceptors (Lipinski definition) is 3. The second kappa shape index (κ2) is 5.84. The predicted octanol–water partition coefficient (Wildman–Crippen LogP) is 2.75. The van der Waals surface area contributed by atoms with Crippen LogP contribution in [0.1, 0.15) is 25.3 Å². The Morgan fingerprint density at radius 2 is 1.82 bits per heavy atom. The molecule has 0 atom stereocenters. The fourth-order valence-electron chi connectivity index (χ4n) is 1.49. The summed E-state index contributed by atoms with van der Waals surface area (Å²) in [6, 6.07) is 8.52. The van der Waals surface area contributed by atoms with Gasteiger partial charge >= 0.3 is 5.97 Å². The van der Waals surface area contributed by atoms with Crippen LogP contribution in [0.2, 0.25) is 0 Å². The highest BCUT2D eigenvalue weighted by Gasteiger charge is 2.20. The van der Waals surface area contributed by atoms with Crippen LogP contribution in [0, 0.1) is 5.41 Å². The van der Waals surface area contributed by atoms with Gasteiger partial charge in [0.05, 0.1) is 5.71 Å². The lowest BCUT2D eigenvalue weighted by atomic mass is 10.00. The van der Waals surface area contributed by atoms with E-state index in [4.69, 9.17) is 10.5 Å². The van der Waals surface area contributed by atoms with Crippen molar-refractivity contribution in [3.63, 3.8) is 0 Å². The molecule has 0 amide bonds. The van der Waals surface area contributed by atoms with Gasteiger partial charge in [-0.25, -0.2) is 4.79 Å². The van der Waals surface area contributed by atoms with E-state index in [0.29, 0.717) is 12.0 Å². The van der Waals surface area contributed by atoms with Gasteiger partial charge in [0.25, 0.3) is 0 Å². The Labute approximate surface area is 99.7 Å². The van der Waals surface area contributed by atoms with E-state index in [9.17, 15) is 9.90 Å². The largest absolute Gasteiger partial charge is 0.511 e. The average molecular weight is 233 g/mol. The van der Waals surface area contributed by atoms with Crippen molar-refractivity contribution in [2.45, 2.75) is 19.8 Å². The number of hydrogen-bond donors (Lipinski definition) is 3. The van der Waals surface area contributed by atoms with Gasteiger partial charge in [0.2, 0.25) is 0 Å². The van der Waals surface area contributed by atoms with E-state index in [0.717, 1.165) is 0 Å². The Bertz CT molecular complexity index is 449. The number of benzene rings is 1. The maximum absolute atomic E-state index is 11.1. The Hall–Kier alpha value is -2.10. The molecule has 3 N–H and O–H groups in total. The molecular weight excluding hydrogens is 218 g/mol. The molecule has 4 heteroatoms. The summed E-state index contributed by atoms with van der Waals surface area (Å²) in [5.41, 5.74) is -0.00495. The zero-order valence-corrected chi connectivity index (χ0v) is 9.60. The highest BCUT2D eigenvalue weighted by molar-refractivity contribution is 6.25. The first-order valence-electron chi connectivity index (χ1n) is 5.37. The van der Waals surface area contributed by atoms with Crippen molar-refractivity contribution in [3.8, 4) is 0 Å². The fourth-order valence-corrected chi connectivity index (χ4v) is 1.49. The minimum Gasteiger partial charge on any atom is -0.511 e. The van der Waals surface area contributed by atoms with Crippen molar-refractivity contribution in [2.24, 2.45) is 0 Å². The Morgan fingerprint density at radius 1 is 1.24 bits per heavy atom. The average Bonchev–Trinajstić information content (AvgIpc) is 2.30. The van der Waals surface area contributed by atoms with E-state index in [-0.39, 0.29) is 23.5 Å². The topological polar surface area (TPSA) is 81.4 Å². The Morgan fingerprint density at radius 3 is 2.29 bits per heavy atom. The van der Waals surface area contributed by atoms with Crippen LogP contribution in [0.15, 0.2) is 41.7 Å². The van der Waals surface area contributed by atoms with E-state index in [1.807, 2.05) is 6.92 Å². The van der Waals surface area contributed by atoms with Crippen LogP contribution < -0.4 is 0 Å². The molecule has 4 nitrogen and oxygen atoms in total. The van der Waals surface area contributed by atoms with Gasteiger partial charge in [-0.05, 0) is 6.42 Å². The number of aliphatic carboxylic acids is 1. The number of nitrogens with one attached hydrogen (secondary N) is 1. The number of aliphatic hydroxyl groups excluding tert-OH is 1. The smallest absolute Gasteiger partial charge is 0.341 e. The Kier molecular flexibility index (Phi) is 4.46. The van der Waals surface area contributed by atoms with E-state index in [2.05, 4.69) is 0 Å². The number of aliphatic hydroxyl groups is 1. The van der Waals surface area contributed by atoms with Crippen LogP contribution in [-0.2, 0) is 4.79 Å². The molecule has 0 saturated carbocycles. The highest BCUT2D eigenvalue weighted by atomic mass is 16.4. The monoisotopic (exact) mass is 233 g/mol. The van der Waals surface area contributed by atoms with Crippen LogP contribution >= 0.6 is 0 Å². The first-order valence-corrected chi connectivity index (χ1v) is 5.37. The summed E-state index contributed by atoms with van der Waals surface area (Å²) in [6.07, 6.45) is 0.890. The van der Waals surface area contributed by atoms with Gasteiger partial charge in [-0.2, -0.15) is 0 Å². The molecule has 0 radical (unpaired) electrons. The zero-order valence-electron chi connectivity index (χ0n) is 9.60. The molecule has 0 aliphatic heterocycles. The number of allylic oxidation sites excluding steroid dienone is 1. The van der Waals surface area contributed by atoms with E-state index < -0.39 is 5.97 Å².